The third kappa shape index (κ3) is 4.86. The number of aromatic nitrogens is 2. The Balaban J connectivity index is 1.49. The second-order valence-corrected chi connectivity index (χ2v) is 7.83. The van der Waals surface area contributed by atoms with Crippen LogP contribution in [0.25, 0.3) is 10.9 Å². The Bertz CT molecular complexity index is 1110. The van der Waals surface area contributed by atoms with Gasteiger partial charge in [-0.1, -0.05) is 48.5 Å². The summed E-state index contributed by atoms with van der Waals surface area (Å²) in [5.41, 5.74) is 6.19. The lowest BCUT2D eigenvalue weighted by atomic mass is 10.1. The van der Waals surface area contributed by atoms with Crippen LogP contribution in [0, 0.1) is 6.92 Å². The quantitative estimate of drug-likeness (QED) is 0.418. The first-order valence-corrected chi connectivity index (χ1v) is 10.6. The highest BCUT2D eigenvalue weighted by atomic mass is 32.1. The summed E-state index contributed by atoms with van der Waals surface area (Å²) < 4.78 is 0. The number of thiocarbonyl (C=S) groups is 1. The standard InChI is InChI=1S/C25H26N4S/c1-19-22(23-9-5-6-10-24(23)28-19)13-16-29(18-21-11-14-26-15-12-21)25(30)27-17-20-7-3-2-4-8-20/h2-12,14-15,28H,13,16-18H2,1H3,(H,27,30). The maximum absolute atomic E-state index is 5.79. The van der Waals surface area contributed by atoms with Crippen molar-refractivity contribution in [3.63, 3.8) is 0 Å². The van der Waals surface area contributed by atoms with Crippen molar-refractivity contribution in [1.29, 1.82) is 0 Å². The van der Waals surface area contributed by atoms with Gasteiger partial charge >= 0.3 is 0 Å². The van der Waals surface area contributed by atoms with E-state index in [1.807, 2.05) is 30.6 Å². The van der Waals surface area contributed by atoms with Crippen molar-refractivity contribution < 1.29 is 0 Å². The van der Waals surface area contributed by atoms with Crippen molar-refractivity contribution in [1.82, 2.24) is 20.2 Å². The summed E-state index contributed by atoms with van der Waals surface area (Å²) in [5.74, 6) is 0. The molecule has 2 aromatic carbocycles. The van der Waals surface area contributed by atoms with Gasteiger partial charge in [0.25, 0.3) is 0 Å². The Morgan fingerprint density at radius 2 is 1.70 bits per heavy atom. The zero-order chi connectivity index (χ0) is 20.8. The minimum atomic E-state index is 0.721. The van der Waals surface area contributed by atoms with E-state index < -0.39 is 0 Å². The molecule has 0 radical (unpaired) electrons. The van der Waals surface area contributed by atoms with E-state index in [1.165, 1.54) is 33.3 Å². The van der Waals surface area contributed by atoms with Crippen LogP contribution in [0.5, 0.6) is 0 Å². The first-order valence-electron chi connectivity index (χ1n) is 10.2. The predicted molar refractivity (Wildman–Crippen MR) is 127 cm³/mol. The number of nitrogens with one attached hydrogen (secondary N) is 2. The molecule has 152 valence electrons. The van der Waals surface area contributed by atoms with Gasteiger partial charge in [0.1, 0.15) is 0 Å². The largest absolute Gasteiger partial charge is 0.358 e. The summed E-state index contributed by atoms with van der Waals surface area (Å²) in [6.07, 6.45) is 4.59. The van der Waals surface area contributed by atoms with Gasteiger partial charge in [0, 0.05) is 48.6 Å². The van der Waals surface area contributed by atoms with Crippen LogP contribution >= 0.6 is 12.2 Å². The molecule has 2 heterocycles. The maximum Gasteiger partial charge on any atom is 0.169 e. The lowest BCUT2D eigenvalue weighted by Gasteiger charge is -2.26. The van der Waals surface area contributed by atoms with Gasteiger partial charge in [-0.3, -0.25) is 4.98 Å². The third-order valence-corrected chi connectivity index (χ3v) is 5.76. The number of benzene rings is 2. The Labute approximate surface area is 183 Å². The minimum Gasteiger partial charge on any atom is -0.358 e. The van der Waals surface area contributed by atoms with Gasteiger partial charge in [-0.25, -0.2) is 0 Å². The number of fused-ring (bicyclic) bond motifs is 1. The van der Waals surface area contributed by atoms with E-state index in [-0.39, 0.29) is 0 Å². The molecule has 4 rings (SSSR count). The molecule has 2 aromatic heterocycles. The Hall–Kier alpha value is -3.18. The Kier molecular flexibility index (Phi) is 6.40. The number of rotatable bonds is 7. The van der Waals surface area contributed by atoms with Crippen LogP contribution in [0.1, 0.15) is 22.4 Å². The van der Waals surface area contributed by atoms with Gasteiger partial charge in [-0.15, -0.1) is 0 Å². The molecule has 0 unspecified atom stereocenters. The first-order chi connectivity index (χ1) is 14.7. The molecule has 0 aliphatic heterocycles. The molecule has 0 amide bonds. The van der Waals surface area contributed by atoms with E-state index in [4.69, 9.17) is 12.2 Å². The van der Waals surface area contributed by atoms with Gasteiger partial charge in [0.15, 0.2) is 5.11 Å². The Morgan fingerprint density at radius 3 is 2.50 bits per heavy atom. The number of aryl methyl sites for hydroxylation is 1. The van der Waals surface area contributed by atoms with E-state index in [0.29, 0.717) is 0 Å². The topological polar surface area (TPSA) is 44.0 Å². The molecular formula is C25H26N4S. The fourth-order valence-corrected chi connectivity index (χ4v) is 3.98. The van der Waals surface area contributed by atoms with Crippen LogP contribution in [-0.2, 0) is 19.5 Å². The lowest BCUT2D eigenvalue weighted by molar-refractivity contribution is 0.409. The average Bonchev–Trinajstić information content (AvgIpc) is 3.11. The fraction of sp³-hybridized carbons (Fsp3) is 0.200. The fourth-order valence-electron chi connectivity index (χ4n) is 3.75. The predicted octanol–water partition coefficient (Wildman–Crippen LogP) is 4.99. The second-order valence-electron chi connectivity index (χ2n) is 7.45. The summed E-state index contributed by atoms with van der Waals surface area (Å²) in [6, 6.07) is 22.9. The van der Waals surface area contributed by atoms with E-state index in [9.17, 15) is 0 Å². The van der Waals surface area contributed by atoms with Crippen LogP contribution in [0.4, 0.5) is 0 Å². The number of nitrogens with zero attached hydrogens (tertiary/aromatic N) is 2. The smallest absolute Gasteiger partial charge is 0.169 e. The summed E-state index contributed by atoms with van der Waals surface area (Å²) in [4.78, 5) is 9.88. The van der Waals surface area contributed by atoms with Gasteiger partial charge in [-0.05, 0) is 60.5 Å². The average molecular weight is 415 g/mol. The van der Waals surface area contributed by atoms with Crippen molar-refractivity contribution >= 4 is 28.2 Å². The molecule has 2 N–H and O–H groups in total. The van der Waals surface area contributed by atoms with Gasteiger partial charge in [0.05, 0.1) is 0 Å². The normalized spacial score (nSPS) is 10.8. The first kappa shape index (κ1) is 20.1. The maximum atomic E-state index is 5.79. The Morgan fingerprint density at radius 1 is 0.967 bits per heavy atom. The molecule has 4 aromatic rings. The van der Waals surface area contributed by atoms with Crippen LogP contribution < -0.4 is 5.32 Å². The summed E-state index contributed by atoms with van der Waals surface area (Å²) in [5, 5.41) is 5.50. The molecule has 4 nitrogen and oxygen atoms in total. The van der Waals surface area contributed by atoms with Crippen molar-refractivity contribution in [2.24, 2.45) is 0 Å². The van der Waals surface area contributed by atoms with Gasteiger partial charge < -0.3 is 15.2 Å². The van der Waals surface area contributed by atoms with Crippen LogP contribution in [0.3, 0.4) is 0 Å². The summed E-state index contributed by atoms with van der Waals surface area (Å²) >= 11 is 5.79. The molecule has 0 aliphatic rings. The highest BCUT2D eigenvalue weighted by Crippen LogP contribution is 2.22. The van der Waals surface area contributed by atoms with Crippen LogP contribution in [-0.4, -0.2) is 26.5 Å². The molecule has 0 spiro atoms. The number of pyridine rings is 1. The van der Waals surface area contributed by atoms with Crippen LogP contribution in [0.15, 0.2) is 79.1 Å². The molecule has 0 saturated carbocycles. The molecule has 0 atom stereocenters. The lowest BCUT2D eigenvalue weighted by Crippen LogP contribution is -2.40. The molecular weight excluding hydrogens is 388 g/mol. The zero-order valence-corrected chi connectivity index (χ0v) is 18.0. The van der Waals surface area contributed by atoms with Gasteiger partial charge in [-0.2, -0.15) is 0 Å². The number of para-hydroxylation sites is 1. The number of hydrogen-bond donors (Lipinski definition) is 2. The molecule has 0 saturated heterocycles. The summed E-state index contributed by atoms with van der Waals surface area (Å²) in [6.45, 7) is 4.46. The van der Waals surface area contributed by atoms with Gasteiger partial charge in [0.2, 0.25) is 0 Å². The molecule has 0 bridgehead atoms. The molecule has 5 heteroatoms. The highest BCUT2D eigenvalue weighted by molar-refractivity contribution is 7.80. The highest BCUT2D eigenvalue weighted by Gasteiger charge is 2.14. The van der Waals surface area contributed by atoms with E-state index in [0.717, 1.165) is 31.2 Å². The second kappa shape index (κ2) is 9.55. The van der Waals surface area contributed by atoms with E-state index in [1.54, 1.807) is 0 Å². The summed E-state index contributed by atoms with van der Waals surface area (Å²) in [7, 11) is 0. The number of aromatic amines is 1. The van der Waals surface area contributed by atoms with Crippen molar-refractivity contribution in [2.75, 3.05) is 6.54 Å². The van der Waals surface area contributed by atoms with Crippen molar-refractivity contribution in [3.8, 4) is 0 Å². The minimum absolute atomic E-state index is 0.721. The number of H-pyrrole nitrogens is 1. The monoisotopic (exact) mass is 414 g/mol. The van der Waals surface area contributed by atoms with Crippen LogP contribution in [0.2, 0.25) is 0 Å². The van der Waals surface area contributed by atoms with Crippen molar-refractivity contribution in [2.45, 2.75) is 26.4 Å². The SMILES string of the molecule is Cc1[nH]c2ccccc2c1CCN(Cc1ccncc1)C(=S)NCc1ccccc1. The van der Waals surface area contributed by atoms with Crippen molar-refractivity contribution in [3.05, 3.63) is 102 Å². The molecule has 0 fully saturated rings. The van der Waals surface area contributed by atoms with E-state index >= 15 is 0 Å². The zero-order valence-electron chi connectivity index (χ0n) is 17.1. The molecule has 0 aliphatic carbocycles. The third-order valence-electron chi connectivity index (χ3n) is 5.36. The molecule has 30 heavy (non-hydrogen) atoms. The van der Waals surface area contributed by atoms with E-state index in [2.05, 4.69) is 75.6 Å². The number of hydrogen-bond acceptors (Lipinski definition) is 2.